The first-order valence-electron chi connectivity index (χ1n) is 8.89. The molecule has 1 fully saturated rings. The van der Waals surface area contributed by atoms with Crippen LogP contribution in [0.1, 0.15) is 19.4 Å². The maximum absolute atomic E-state index is 14.2. The number of rotatable bonds is 6. The fourth-order valence-electron chi connectivity index (χ4n) is 2.62. The highest BCUT2D eigenvalue weighted by Gasteiger charge is 2.34. The summed E-state index contributed by atoms with van der Waals surface area (Å²) in [5.41, 5.74) is 1.28. The molecule has 0 radical (unpaired) electrons. The number of amidine groups is 1. The van der Waals surface area contributed by atoms with Crippen LogP contribution in [0.15, 0.2) is 58.4 Å². The van der Waals surface area contributed by atoms with Crippen molar-refractivity contribution in [3.63, 3.8) is 0 Å². The highest BCUT2D eigenvalue weighted by Crippen LogP contribution is 2.36. The van der Waals surface area contributed by atoms with Crippen LogP contribution < -0.4 is 9.64 Å². The molecule has 0 saturated carbocycles. The molecule has 1 heterocycles. The van der Waals surface area contributed by atoms with Gasteiger partial charge in [-0.3, -0.25) is 14.7 Å². The first-order valence-corrected chi connectivity index (χ1v) is 9.71. The lowest BCUT2D eigenvalue weighted by Gasteiger charge is -2.16. The molecule has 7 heteroatoms. The van der Waals surface area contributed by atoms with E-state index in [-0.39, 0.29) is 30.9 Å². The van der Waals surface area contributed by atoms with E-state index in [2.05, 4.69) is 4.99 Å². The number of aliphatic imine (C=N–C) groups is 1. The predicted octanol–water partition coefficient (Wildman–Crippen LogP) is 4.08. The van der Waals surface area contributed by atoms with Gasteiger partial charge in [-0.25, -0.2) is 4.39 Å². The number of aliphatic hydroxyl groups is 1. The van der Waals surface area contributed by atoms with E-state index < -0.39 is 5.82 Å². The van der Waals surface area contributed by atoms with E-state index in [0.29, 0.717) is 15.6 Å². The number of amides is 1. The molecule has 0 spiro atoms. The van der Waals surface area contributed by atoms with Crippen molar-refractivity contribution in [3.05, 3.63) is 64.8 Å². The zero-order chi connectivity index (χ0) is 20.1. The van der Waals surface area contributed by atoms with E-state index in [4.69, 9.17) is 9.84 Å². The SMILES string of the molecule is CC(C)N=C1S/C(=C\c2ccc(OCCO)c(F)c2)C(=O)N1c1ccccc1. The van der Waals surface area contributed by atoms with Gasteiger partial charge in [-0.15, -0.1) is 0 Å². The van der Waals surface area contributed by atoms with Gasteiger partial charge in [-0.2, -0.15) is 0 Å². The standard InChI is InChI=1S/C21H21FN2O3S/c1-14(2)23-21-24(16-6-4-3-5-7-16)20(26)19(28-21)13-15-8-9-18(17(22)12-15)27-11-10-25/h3-9,12-14,25H,10-11H2,1-2H3/b19-13-,23-21?. The monoisotopic (exact) mass is 400 g/mol. The van der Waals surface area contributed by atoms with E-state index in [1.165, 1.54) is 23.9 Å². The molecule has 1 amide bonds. The van der Waals surface area contributed by atoms with Gasteiger partial charge in [0, 0.05) is 6.04 Å². The third-order valence-corrected chi connectivity index (χ3v) is 4.77. The maximum Gasteiger partial charge on any atom is 0.271 e. The molecule has 1 aliphatic heterocycles. The molecule has 5 nitrogen and oxygen atoms in total. The Balaban J connectivity index is 1.92. The van der Waals surface area contributed by atoms with E-state index in [1.54, 1.807) is 17.0 Å². The fraction of sp³-hybridized carbons (Fsp3) is 0.238. The number of halogens is 1. The number of anilines is 1. The van der Waals surface area contributed by atoms with Crippen molar-refractivity contribution in [2.24, 2.45) is 4.99 Å². The number of hydrogen-bond donors (Lipinski definition) is 1. The molecule has 2 aromatic carbocycles. The van der Waals surface area contributed by atoms with Gasteiger partial charge < -0.3 is 9.84 Å². The van der Waals surface area contributed by atoms with Crippen LogP contribution in [0.5, 0.6) is 5.75 Å². The average molecular weight is 400 g/mol. The largest absolute Gasteiger partial charge is 0.488 e. The topological polar surface area (TPSA) is 62.1 Å². The van der Waals surface area contributed by atoms with E-state index in [9.17, 15) is 9.18 Å². The van der Waals surface area contributed by atoms with Gasteiger partial charge in [0.05, 0.1) is 17.2 Å². The molecule has 1 saturated heterocycles. The Morgan fingerprint density at radius 3 is 2.64 bits per heavy atom. The van der Waals surface area contributed by atoms with Gasteiger partial charge in [-0.1, -0.05) is 24.3 Å². The number of hydrogen-bond acceptors (Lipinski definition) is 5. The Hall–Kier alpha value is -2.64. The van der Waals surface area contributed by atoms with Gasteiger partial charge in [-0.05, 0) is 61.5 Å². The molecule has 0 aromatic heterocycles. The van der Waals surface area contributed by atoms with Gasteiger partial charge >= 0.3 is 0 Å². The number of aliphatic hydroxyl groups excluding tert-OH is 1. The van der Waals surface area contributed by atoms with Crippen LogP contribution in [0.4, 0.5) is 10.1 Å². The number of ether oxygens (including phenoxy) is 1. The number of nitrogens with zero attached hydrogens (tertiary/aromatic N) is 2. The van der Waals surface area contributed by atoms with Gasteiger partial charge in [0.1, 0.15) is 6.61 Å². The minimum absolute atomic E-state index is 0.0206. The van der Waals surface area contributed by atoms with Crippen LogP contribution >= 0.6 is 11.8 Å². The van der Waals surface area contributed by atoms with Crippen LogP contribution in [-0.4, -0.2) is 35.4 Å². The molecule has 28 heavy (non-hydrogen) atoms. The van der Waals surface area contributed by atoms with Gasteiger partial charge in [0.2, 0.25) is 0 Å². The lowest BCUT2D eigenvalue weighted by molar-refractivity contribution is -0.113. The first-order chi connectivity index (χ1) is 13.5. The number of thioether (sulfide) groups is 1. The van der Waals surface area contributed by atoms with Crippen molar-refractivity contribution in [2.45, 2.75) is 19.9 Å². The van der Waals surface area contributed by atoms with Crippen molar-refractivity contribution < 1.29 is 19.0 Å². The van der Waals surface area contributed by atoms with Crippen LogP contribution in [0, 0.1) is 5.82 Å². The number of benzene rings is 2. The lowest BCUT2D eigenvalue weighted by Crippen LogP contribution is -2.29. The molecule has 1 aliphatic rings. The van der Waals surface area contributed by atoms with E-state index >= 15 is 0 Å². The summed E-state index contributed by atoms with van der Waals surface area (Å²) in [6.07, 6.45) is 1.64. The van der Waals surface area contributed by atoms with Crippen molar-refractivity contribution in [1.29, 1.82) is 0 Å². The van der Waals surface area contributed by atoms with Crippen molar-refractivity contribution >= 4 is 34.6 Å². The highest BCUT2D eigenvalue weighted by atomic mass is 32.2. The second-order valence-electron chi connectivity index (χ2n) is 6.35. The maximum atomic E-state index is 14.2. The fourth-order valence-corrected chi connectivity index (χ4v) is 3.73. The van der Waals surface area contributed by atoms with Crippen LogP contribution in [0.25, 0.3) is 6.08 Å². The molecule has 1 N–H and O–H groups in total. The zero-order valence-corrected chi connectivity index (χ0v) is 16.4. The number of carbonyl (C=O) groups excluding carboxylic acids is 1. The molecule has 0 unspecified atom stereocenters. The smallest absolute Gasteiger partial charge is 0.271 e. The average Bonchev–Trinajstić information content (AvgIpc) is 2.96. The summed E-state index contributed by atoms with van der Waals surface area (Å²) in [6, 6.07) is 13.8. The molecule has 2 aromatic rings. The summed E-state index contributed by atoms with van der Waals surface area (Å²) in [6.45, 7) is 3.73. The summed E-state index contributed by atoms with van der Waals surface area (Å²) in [7, 11) is 0. The Labute approximate surface area is 167 Å². The lowest BCUT2D eigenvalue weighted by atomic mass is 10.2. The van der Waals surface area contributed by atoms with Crippen LogP contribution in [0.3, 0.4) is 0 Å². The molecule has 0 bridgehead atoms. The normalized spacial score (nSPS) is 17.2. The van der Waals surface area contributed by atoms with Crippen LogP contribution in [-0.2, 0) is 4.79 Å². The molecular formula is C21H21FN2O3S. The molecular weight excluding hydrogens is 379 g/mol. The molecule has 0 atom stereocenters. The predicted molar refractivity (Wildman–Crippen MR) is 111 cm³/mol. The number of para-hydroxylation sites is 1. The number of carbonyl (C=O) groups is 1. The summed E-state index contributed by atoms with van der Waals surface area (Å²) in [4.78, 5) is 19.6. The summed E-state index contributed by atoms with van der Waals surface area (Å²) in [5.74, 6) is -0.680. The van der Waals surface area contributed by atoms with E-state index in [1.807, 2.05) is 44.2 Å². The Morgan fingerprint density at radius 2 is 2.00 bits per heavy atom. The van der Waals surface area contributed by atoms with Crippen molar-refractivity contribution in [1.82, 2.24) is 0 Å². The first kappa shape index (κ1) is 20.1. The summed E-state index contributed by atoms with van der Waals surface area (Å²) >= 11 is 1.27. The second-order valence-corrected chi connectivity index (χ2v) is 7.36. The highest BCUT2D eigenvalue weighted by molar-refractivity contribution is 8.19. The zero-order valence-electron chi connectivity index (χ0n) is 15.6. The molecule has 3 rings (SSSR count). The minimum atomic E-state index is -0.547. The van der Waals surface area contributed by atoms with Crippen molar-refractivity contribution in [3.8, 4) is 5.75 Å². The van der Waals surface area contributed by atoms with Crippen LogP contribution in [0.2, 0.25) is 0 Å². The minimum Gasteiger partial charge on any atom is -0.488 e. The second kappa shape index (κ2) is 9.03. The third kappa shape index (κ3) is 4.61. The Morgan fingerprint density at radius 1 is 1.25 bits per heavy atom. The van der Waals surface area contributed by atoms with Gasteiger partial charge in [0.15, 0.2) is 16.7 Å². The van der Waals surface area contributed by atoms with E-state index in [0.717, 1.165) is 5.69 Å². The van der Waals surface area contributed by atoms with Gasteiger partial charge in [0.25, 0.3) is 5.91 Å². The Kier molecular flexibility index (Phi) is 6.49. The van der Waals surface area contributed by atoms with Crippen molar-refractivity contribution in [2.75, 3.05) is 18.1 Å². The third-order valence-electron chi connectivity index (χ3n) is 3.79. The molecule has 0 aliphatic carbocycles. The molecule has 146 valence electrons. The summed E-state index contributed by atoms with van der Waals surface area (Å²) < 4.78 is 19.3. The quantitative estimate of drug-likeness (QED) is 0.742. The summed E-state index contributed by atoms with van der Waals surface area (Å²) in [5, 5.41) is 9.38. The Bertz CT molecular complexity index is 913.